The molecule has 128 valence electrons. The van der Waals surface area contributed by atoms with Crippen LogP contribution >= 0.6 is 0 Å². The summed E-state index contributed by atoms with van der Waals surface area (Å²) in [4.78, 5) is 28.6. The van der Waals surface area contributed by atoms with Gasteiger partial charge in [-0.25, -0.2) is 0 Å². The lowest BCUT2D eigenvalue weighted by Crippen LogP contribution is -2.46. The van der Waals surface area contributed by atoms with Gasteiger partial charge in [0.15, 0.2) is 0 Å². The van der Waals surface area contributed by atoms with E-state index in [1.165, 1.54) is 0 Å². The topological polar surface area (TPSA) is 40.6 Å². The number of rotatable bonds is 2. The Morgan fingerprint density at radius 3 is 2.23 bits per heavy atom. The third-order valence-electron chi connectivity index (χ3n) is 4.66. The molecule has 0 aromatic heterocycles. The molecule has 0 bridgehead atoms. The van der Waals surface area contributed by atoms with E-state index in [1.807, 2.05) is 72.8 Å². The van der Waals surface area contributed by atoms with Gasteiger partial charge in [-0.15, -0.1) is 0 Å². The molecular formula is C22H18N2O2. The van der Waals surface area contributed by atoms with E-state index >= 15 is 0 Å². The Labute approximate surface area is 152 Å². The molecule has 3 aromatic carbocycles. The minimum Gasteiger partial charge on any atom is -0.312 e. The first-order valence-electron chi connectivity index (χ1n) is 8.48. The largest absolute Gasteiger partial charge is 0.312 e. The normalized spacial score (nSPS) is 13.5. The van der Waals surface area contributed by atoms with E-state index in [0.717, 1.165) is 22.5 Å². The van der Waals surface area contributed by atoms with E-state index in [2.05, 4.69) is 0 Å². The number of carbonyl (C=O) groups excluding carboxylic acids is 2. The second-order valence-corrected chi connectivity index (χ2v) is 6.28. The first-order chi connectivity index (χ1) is 12.6. The first kappa shape index (κ1) is 16.1. The maximum absolute atomic E-state index is 13.2. The molecular weight excluding hydrogens is 324 g/mol. The van der Waals surface area contributed by atoms with Crippen molar-refractivity contribution in [3.05, 3.63) is 84.4 Å². The number of carbonyl (C=O) groups is 2. The molecule has 4 nitrogen and oxygen atoms in total. The second-order valence-electron chi connectivity index (χ2n) is 6.28. The lowest BCUT2D eigenvalue weighted by atomic mass is 10.0. The number of benzene rings is 3. The average molecular weight is 342 g/mol. The molecule has 0 unspecified atom stereocenters. The lowest BCUT2D eigenvalue weighted by Gasteiger charge is -2.34. The number of hydrogen-bond donors (Lipinski definition) is 0. The van der Waals surface area contributed by atoms with E-state index in [9.17, 15) is 9.59 Å². The number of anilines is 2. The highest BCUT2D eigenvalue weighted by atomic mass is 16.2. The molecule has 0 radical (unpaired) electrons. The van der Waals surface area contributed by atoms with Crippen LogP contribution in [0.2, 0.25) is 0 Å². The summed E-state index contributed by atoms with van der Waals surface area (Å²) in [5.41, 5.74) is 4.10. The minimum atomic E-state index is -0.170. The predicted octanol–water partition coefficient (Wildman–Crippen LogP) is 3.98. The van der Waals surface area contributed by atoms with Gasteiger partial charge in [0.05, 0.1) is 11.4 Å². The second kappa shape index (κ2) is 6.48. The fourth-order valence-electron chi connectivity index (χ4n) is 3.24. The van der Waals surface area contributed by atoms with Crippen LogP contribution in [0.3, 0.4) is 0 Å². The maximum Gasteiger partial charge on any atom is 0.258 e. The zero-order chi connectivity index (χ0) is 18.1. The lowest BCUT2D eigenvalue weighted by molar-refractivity contribution is -0.117. The molecule has 0 spiro atoms. The van der Waals surface area contributed by atoms with Crippen LogP contribution in [-0.2, 0) is 4.79 Å². The molecule has 0 saturated carbocycles. The zero-order valence-corrected chi connectivity index (χ0v) is 14.4. The number of amides is 2. The summed E-state index contributed by atoms with van der Waals surface area (Å²) >= 11 is 0. The number of hydrogen-bond acceptors (Lipinski definition) is 2. The molecule has 1 aliphatic rings. The van der Waals surface area contributed by atoms with Crippen LogP contribution in [-0.4, -0.2) is 25.4 Å². The van der Waals surface area contributed by atoms with Crippen molar-refractivity contribution in [2.45, 2.75) is 0 Å². The van der Waals surface area contributed by atoms with Crippen molar-refractivity contribution in [3.63, 3.8) is 0 Å². The van der Waals surface area contributed by atoms with Crippen molar-refractivity contribution in [2.24, 2.45) is 0 Å². The molecule has 4 rings (SSSR count). The number of nitrogens with zero attached hydrogens (tertiary/aromatic N) is 2. The number of fused-ring (bicyclic) bond motifs is 1. The number of likely N-dealkylation sites (N-methyl/N-ethyl adjacent to an activating group) is 1. The van der Waals surface area contributed by atoms with E-state index in [0.29, 0.717) is 5.56 Å². The molecule has 26 heavy (non-hydrogen) atoms. The van der Waals surface area contributed by atoms with Gasteiger partial charge in [0, 0.05) is 12.6 Å². The molecule has 1 aliphatic heterocycles. The molecule has 3 aromatic rings. The van der Waals surface area contributed by atoms with E-state index < -0.39 is 0 Å². The standard InChI is InChI=1S/C22H18N2O2/c1-23-19-12-5-6-13-20(19)24(15-21(23)25)22(26)18-11-7-10-17(14-18)16-8-3-2-4-9-16/h2-14H,15H2,1H3. The quantitative estimate of drug-likeness (QED) is 0.707. The average Bonchev–Trinajstić information content (AvgIpc) is 2.71. The van der Waals surface area contributed by atoms with Crippen molar-refractivity contribution in [3.8, 4) is 11.1 Å². The van der Waals surface area contributed by atoms with Crippen LogP contribution in [0.4, 0.5) is 11.4 Å². The maximum atomic E-state index is 13.2. The Morgan fingerprint density at radius 2 is 1.46 bits per heavy atom. The van der Waals surface area contributed by atoms with E-state index in [1.54, 1.807) is 22.9 Å². The van der Waals surface area contributed by atoms with Gasteiger partial charge < -0.3 is 4.90 Å². The highest BCUT2D eigenvalue weighted by molar-refractivity contribution is 6.15. The van der Waals surface area contributed by atoms with Crippen LogP contribution < -0.4 is 9.80 Å². The van der Waals surface area contributed by atoms with Gasteiger partial charge in [-0.3, -0.25) is 14.5 Å². The Balaban J connectivity index is 1.73. The predicted molar refractivity (Wildman–Crippen MR) is 103 cm³/mol. The van der Waals surface area contributed by atoms with Gasteiger partial charge >= 0.3 is 0 Å². The molecule has 1 heterocycles. The monoisotopic (exact) mass is 342 g/mol. The van der Waals surface area contributed by atoms with Gasteiger partial charge in [0.2, 0.25) is 5.91 Å². The van der Waals surface area contributed by atoms with Gasteiger partial charge in [-0.2, -0.15) is 0 Å². The van der Waals surface area contributed by atoms with Crippen LogP contribution in [0.15, 0.2) is 78.9 Å². The van der Waals surface area contributed by atoms with Crippen LogP contribution in [0, 0.1) is 0 Å². The highest BCUT2D eigenvalue weighted by Crippen LogP contribution is 2.33. The van der Waals surface area contributed by atoms with Crippen molar-refractivity contribution in [1.82, 2.24) is 0 Å². The first-order valence-corrected chi connectivity index (χ1v) is 8.48. The van der Waals surface area contributed by atoms with Crippen molar-refractivity contribution >= 4 is 23.2 Å². The van der Waals surface area contributed by atoms with Crippen LogP contribution in [0.25, 0.3) is 11.1 Å². The molecule has 0 N–H and O–H groups in total. The summed E-state index contributed by atoms with van der Waals surface area (Å²) in [5, 5.41) is 0. The molecule has 0 atom stereocenters. The van der Waals surface area contributed by atoms with Gasteiger partial charge in [0.1, 0.15) is 6.54 Å². The fourth-order valence-corrected chi connectivity index (χ4v) is 3.24. The van der Waals surface area contributed by atoms with E-state index in [4.69, 9.17) is 0 Å². The molecule has 0 saturated heterocycles. The Hall–Kier alpha value is -3.40. The van der Waals surface area contributed by atoms with E-state index in [-0.39, 0.29) is 18.4 Å². The van der Waals surface area contributed by atoms with Crippen LogP contribution in [0.1, 0.15) is 10.4 Å². The fraction of sp³-hybridized carbons (Fsp3) is 0.0909. The Bertz CT molecular complexity index is 982. The van der Waals surface area contributed by atoms with Crippen molar-refractivity contribution in [1.29, 1.82) is 0 Å². The SMILES string of the molecule is CN1C(=O)CN(C(=O)c2cccc(-c3ccccc3)c2)c2ccccc21. The Morgan fingerprint density at radius 1 is 0.808 bits per heavy atom. The minimum absolute atomic E-state index is 0.0436. The Kier molecular flexibility index (Phi) is 4.01. The smallest absolute Gasteiger partial charge is 0.258 e. The van der Waals surface area contributed by atoms with Crippen molar-refractivity contribution in [2.75, 3.05) is 23.4 Å². The third kappa shape index (κ3) is 2.75. The molecule has 4 heteroatoms. The van der Waals surface area contributed by atoms with Gasteiger partial charge in [-0.05, 0) is 35.4 Å². The summed E-state index contributed by atoms with van der Waals surface area (Å²) < 4.78 is 0. The zero-order valence-electron chi connectivity index (χ0n) is 14.4. The summed E-state index contributed by atoms with van der Waals surface area (Å²) in [5.74, 6) is -0.270. The molecule has 0 fully saturated rings. The van der Waals surface area contributed by atoms with Gasteiger partial charge in [-0.1, -0.05) is 54.6 Å². The number of para-hydroxylation sites is 2. The summed E-state index contributed by atoms with van der Waals surface area (Å²) in [6.07, 6.45) is 0. The molecule has 2 amide bonds. The summed E-state index contributed by atoms with van der Waals surface area (Å²) in [6, 6.07) is 24.9. The molecule has 0 aliphatic carbocycles. The van der Waals surface area contributed by atoms with Crippen LogP contribution in [0.5, 0.6) is 0 Å². The van der Waals surface area contributed by atoms with Crippen molar-refractivity contribution < 1.29 is 9.59 Å². The third-order valence-corrected chi connectivity index (χ3v) is 4.66. The van der Waals surface area contributed by atoms with Gasteiger partial charge in [0.25, 0.3) is 5.91 Å². The summed E-state index contributed by atoms with van der Waals surface area (Å²) in [6.45, 7) is 0.0436. The highest BCUT2D eigenvalue weighted by Gasteiger charge is 2.30. The summed E-state index contributed by atoms with van der Waals surface area (Å²) in [7, 11) is 1.74.